The van der Waals surface area contributed by atoms with Gasteiger partial charge in [0.25, 0.3) is 5.91 Å². The molecule has 3 atom stereocenters. The quantitative estimate of drug-likeness (QED) is 0.714. The summed E-state index contributed by atoms with van der Waals surface area (Å²) in [5.41, 5.74) is 3.87. The molecule has 6 heteroatoms. The number of fused-ring (bicyclic) bond motifs is 1. The number of aliphatic hydroxyl groups is 1. The highest BCUT2D eigenvalue weighted by atomic mass is 16.3. The fraction of sp³-hybridized carbons (Fsp3) is 0.240. The van der Waals surface area contributed by atoms with E-state index in [4.69, 9.17) is 0 Å². The van der Waals surface area contributed by atoms with Crippen LogP contribution in [0.5, 0.6) is 0 Å². The lowest BCUT2D eigenvalue weighted by Crippen LogP contribution is -2.73. The van der Waals surface area contributed by atoms with Crippen LogP contribution in [-0.2, 0) is 4.79 Å². The predicted octanol–water partition coefficient (Wildman–Crippen LogP) is 2.56. The van der Waals surface area contributed by atoms with Crippen LogP contribution in [0.3, 0.4) is 0 Å². The summed E-state index contributed by atoms with van der Waals surface area (Å²) in [6.07, 6.45) is 3.15. The molecule has 5 rings (SSSR count). The lowest BCUT2D eigenvalue weighted by atomic mass is 9.73. The van der Waals surface area contributed by atoms with E-state index in [0.717, 1.165) is 16.7 Å². The minimum absolute atomic E-state index is 0.00758. The van der Waals surface area contributed by atoms with Crippen LogP contribution >= 0.6 is 0 Å². The van der Waals surface area contributed by atoms with Gasteiger partial charge in [-0.1, -0.05) is 54.6 Å². The summed E-state index contributed by atoms with van der Waals surface area (Å²) in [6.45, 7) is 0.397. The number of rotatable bonds is 4. The zero-order chi connectivity index (χ0) is 21.4. The van der Waals surface area contributed by atoms with Gasteiger partial charge >= 0.3 is 0 Å². The molecule has 3 aromatic rings. The molecule has 2 saturated heterocycles. The number of aliphatic hydroxyl groups excluding tert-OH is 1. The molecule has 3 heterocycles. The summed E-state index contributed by atoms with van der Waals surface area (Å²) in [6, 6.07) is 21.4. The van der Waals surface area contributed by atoms with Crippen molar-refractivity contribution in [3.05, 3.63) is 90.3 Å². The third-order valence-electron chi connectivity index (χ3n) is 6.37. The number of carbonyl (C=O) groups excluding carboxylic acids is 2. The average Bonchev–Trinajstić information content (AvgIpc) is 2.81. The second-order valence-electron chi connectivity index (χ2n) is 8.05. The van der Waals surface area contributed by atoms with Crippen molar-refractivity contribution in [1.29, 1.82) is 0 Å². The van der Waals surface area contributed by atoms with Gasteiger partial charge in [-0.3, -0.25) is 14.6 Å². The maximum Gasteiger partial charge on any atom is 0.254 e. The molecule has 2 amide bonds. The van der Waals surface area contributed by atoms with Crippen molar-refractivity contribution in [3.8, 4) is 11.1 Å². The molecule has 0 radical (unpaired) electrons. The van der Waals surface area contributed by atoms with E-state index in [0.29, 0.717) is 12.1 Å². The van der Waals surface area contributed by atoms with E-state index in [2.05, 4.69) is 41.4 Å². The van der Waals surface area contributed by atoms with Crippen LogP contribution in [0.25, 0.3) is 11.1 Å². The Balaban J connectivity index is 1.39. The second kappa shape index (κ2) is 7.96. The van der Waals surface area contributed by atoms with E-state index in [1.165, 1.54) is 0 Å². The molecular weight excluding hydrogens is 390 g/mol. The molecule has 0 spiro atoms. The van der Waals surface area contributed by atoms with Crippen molar-refractivity contribution in [2.45, 2.75) is 18.0 Å². The summed E-state index contributed by atoms with van der Waals surface area (Å²) in [7, 11) is 0. The van der Waals surface area contributed by atoms with E-state index in [1.54, 1.807) is 34.3 Å². The summed E-state index contributed by atoms with van der Waals surface area (Å²) in [4.78, 5) is 33.0. The standard InChI is InChI=1S/C25H23N3O3/c29-16-22-24(19-8-6-18(7-9-19)17-4-2-1-3-5-17)21-14-27(15-23(30)28(21)22)25(31)20-10-12-26-13-11-20/h1-13,21-22,24,29H,14-16H2/t21-,22-,24-/m1/s1. The number of piperazine rings is 1. The monoisotopic (exact) mass is 413 g/mol. The Labute approximate surface area is 180 Å². The Hall–Kier alpha value is -3.51. The van der Waals surface area contributed by atoms with Gasteiger partial charge in [-0.15, -0.1) is 0 Å². The molecule has 2 fully saturated rings. The number of hydrogen-bond acceptors (Lipinski definition) is 4. The zero-order valence-corrected chi connectivity index (χ0v) is 17.0. The normalized spacial score (nSPS) is 22.6. The number of hydrogen-bond donors (Lipinski definition) is 1. The van der Waals surface area contributed by atoms with Crippen LogP contribution in [0.4, 0.5) is 0 Å². The molecule has 0 bridgehead atoms. The van der Waals surface area contributed by atoms with Gasteiger partial charge in [-0.2, -0.15) is 0 Å². The van der Waals surface area contributed by atoms with E-state index in [-0.39, 0.29) is 43.0 Å². The zero-order valence-electron chi connectivity index (χ0n) is 17.0. The summed E-state index contributed by atoms with van der Waals surface area (Å²) >= 11 is 0. The third kappa shape index (κ3) is 3.39. The highest BCUT2D eigenvalue weighted by molar-refractivity contribution is 5.97. The first kappa shape index (κ1) is 19.5. The largest absolute Gasteiger partial charge is 0.394 e. The molecule has 2 aromatic carbocycles. The van der Waals surface area contributed by atoms with Crippen molar-refractivity contribution in [3.63, 3.8) is 0 Å². The highest BCUT2D eigenvalue weighted by Gasteiger charge is 2.54. The first-order valence-electron chi connectivity index (χ1n) is 10.4. The SMILES string of the molecule is O=C(c1ccncc1)N1CC(=O)N2[C@H](CO)[C@H](c3ccc(-c4ccccc4)cc3)[C@H]2C1. The number of nitrogens with zero attached hydrogens (tertiary/aromatic N) is 3. The maximum atomic E-state index is 12.9. The number of benzene rings is 2. The van der Waals surface area contributed by atoms with Gasteiger partial charge in [0.2, 0.25) is 5.91 Å². The van der Waals surface area contributed by atoms with Gasteiger partial charge in [0, 0.05) is 30.4 Å². The minimum atomic E-state index is -0.252. The molecule has 0 unspecified atom stereocenters. The third-order valence-corrected chi connectivity index (χ3v) is 6.37. The van der Waals surface area contributed by atoms with E-state index in [1.807, 2.05) is 18.2 Å². The Morgan fingerprint density at radius 1 is 0.968 bits per heavy atom. The molecule has 6 nitrogen and oxygen atoms in total. The number of aromatic nitrogens is 1. The van der Waals surface area contributed by atoms with Crippen LogP contribution < -0.4 is 0 Å². The number of pyridine rings is 1. The van der Waals surface area contributed by atoms with Crippen LogP contribution in [0.15, 0.2) is 79.1 Å². The van der Waals surface area contributed by atoms with Gasteiger partial charge < -0.3 is 14.9 Å². The maximum absolute atomic E-state index is 12.9. The van der Waals surface area contributed by atoms with Gasteiger partial charge in [0.15, 0.2) is 0 Å². The fourth-order valence-corrected chi connectivity index (χ4v) is 4.86. The van der Waals surface area contributed by atoms with Crippen molar-refractivity contribution in [1.82, 2.24) is 14.8 Å². The summed E-state index contributed by atoms with van der Waals surface area (Å²) in [5, 5.41) is 9.98. The van der Waals surface area contributed by atoms with Crippen LogP contribution in [-0.4, -0.2) is 63.5 Å². The molecule has 0 aliphatic carbocycles. The van der Waals surface area contributed by atoms with Crippen molar-refractivity contribution >= 4 is 11.8 Å². The van der Waals surface area contributed by atoms with Gasteiger partial charge in [0.1, 0.15) is 6.54 Å². The summed E-state index contributed by atoms with van der Waals surface area (Å²) in [5.74, 6) is -0.289. The smallest absolute Gasteiger partial charge is 0.254 e. The molecular formula is C25H23N3O3. The van der Waals surface area contributed by atoms with Crippen molar-refractivity contribution in [2.24, 2.45) is 0 Å². The molecule has 2 aliphatic heterocycles. The summed E-state index contributed by atoms with van der Waals surface area (Å²) < 4.78 is 0. The minimum Gasteiger partial charge on any atom is -0.394 e. The Morgan fingerprint density at radius 3 is 2.32 bits per heavy atom. The first-order valence-corrected chi connectivity index (χ1v) is 10.4. The lowest BCUT2D eigenvalue weighted by molar-refractivity contribution is -0.159. The van der Waals surface area contributed by atoms with Crippen molar-refractivity contribution < 1.29 is 14.7 Å². The van der Waals surface area contributed by atoms with E-state index >= 15 is 0 Å². The molecule has 31 heavy (non-hydrogen) atoms. The Bertz CT molecular complexity index is 1090. The second-order valence-corrected chi connectivity index (χ2v) is 8.05. The predicted molar refractivity (Wildman–Crippen MR) is 116 cm³/mol. The van der Waals surface area contributed by atoms with Crippen molar-refractivity contribution in [2.75, 3.05) is 19.7 Å². The van der Waals surface area contributed by atoms with E-state index in [9.17, 15) is 14.7 Å². The first-order chi connectivity index (χ1) is 15.2. The molecule has 1 N–H and O–H groups in total. The topological polar surface area (TPSA) is 73.7 Å². The van der Waals surface area contributed by atoms with Gasteiger partial charge in [-0.05, 0) is 28.8 Å². The Morgan fingerprint density at radius 2 is 1.65 bits per heavy atom. The molecule has 156 valence electrons. The molecule has 0 saturated carbocycles. The van der Waals surface area contributed by atoms with Crippen LogP contribution in [0.1, 0.15) is 21.8 Å². The molecule has 1 aromatic heterocycles. The average molecular weight is 413 g/mol. The Kier molecular flexibility index (Phi) is 5.00. The highest BCUT2D eigenvalue weighted by Crippen LogP contribution is 2.43. The lowest BCUT2D eigenvalue weighted by Gasteiger charge is -2.58. The van der Waals surface area contributed by atoms with Gasteiger partial charge in [-0.25, -0.2) is 0 Å². The van der Waals surface area contributed by atoms with Crippen LogP contribution in [0.2, 0.25) is 0 Å². The van der Waals surface area contributed by atoms with Crippen LogP contribution in [0, 0.1) is 0 Å². The molecule has 2 aliphatic rings. The van der Waals surface area contributed by atoms with Gasteiger partial charge in [0.05, 0.1) is 18.7 Å². The number of carbonyl (C=O) groups is 2. The fourth-order valence-electron chi connectivity index (χ4n) is 4.86. The van der Waals surface area contributed by atoms with E-state index < -0.39 is 0 Å². The number of amides is 2.